The van der Waals surface area contributed by atoms with Crippen LogP contribution >= 0.6 is 0 Å². The molecule has 0 radical (unpaired) electrons. The Morgan fingerprint density at radius 1 is 1.36 bits per heavy atom. The van der Waals surface area contributed by atoms with Crippen molar-refractivity contribution in [3.63, 3.8) is 0 Å². The van der Waals surface area contributed by atoms with Crippen LogP contribution in [0.1, 0.15) is 5.56 Å². The lowest BCUT2D eigenvalue weighted by molar-refractivity contribution is -0.131. The second-order valence-electron chi connectivity index (χ2n) is 2.96. The minimum absolute atomic E-state index is 0.908. The van der Waals surface area contributed by atoms with Crippen molar-refractivity contribution in [2.24, 2.45) is 0 Å². The number of carbonyl (C=O) groups is 1. The number of hydrogen-bond donors (Lipinski definition) is 2. The summed E-state index contributed by atoms with van der Waals surface area (Å²) in [6.07, 6.45) is 4.57. The molecule has 1 heterocycles. The van der Waals surface area contributed by atoms with Gasteiger partial charge in [0.2, 0.25) is 0 Å². The summed E-state index contributed by atoms with van der Waals surface area (Å²) < 4.78 is 0. The van der Waals surface area contributed by atoms with Crippen molar-refractivity contribution in [3.8, 4) is 0 Å². The van der Waals surface area contributed by atoms with Crippen LogP contribution in [0.4, 0.5) is 0 Å². The van der Waals surface area contributed by atoms with Gasteiger partial charge in [-0.1, -0.05) is 12.1 Å². The Balaban J connectivity index is 2.51. The number of aromatic amines is 1. The number of nitrogens with one attached hydrogen (secondary N) is 1. The molecule has 2 N–H and O–H groups in total. The third kappa shape index (κ3) is 1.52. The number of benzene rings is 1. The summed E-state index contributed by atoms with van der Waals surface area (Å²) >= 11 is 0. The molecule has 0 saturated carbocycles. The maximum absolute atomic E-state index is 10.4. The van der Waals surface area contributed by atoms with Crippen LogP contribution in [-0.2, 0) is 4.79 Å². The molecular formula is C11H9NO2. The molecule has 2 rings (SSSR count). The van der Waals surface area contributed by atoms with Crippen LogP contribution in [0.3, 0.4) is 0 Å². The first-order valence-corrected chi connectivity index (χ1v) is 4.24. The van der Waals surface area contributed by atoms with Crippen LogP contribution in [-0.4, -0.2) is 16.1 Å². The number of hydrogen-bond acceptors (Lipinski definition) is 1. The molecule has 2 aromatic rings. The van der Waals surface area contributed by atoms with Crippen LogP contribution < -0.4 is 0 Å². The van der Waals surface area contributed by atoms with Crippen molar-refractivity contribution in [2.75, 3.05) is 0 Å². The Hall–Kier alpha value is -2.03. The summed E-state index contributed by atoms with van der Waals surface area (Å²) in [6.45, 7) is 0. The van der Waals surface area contributed by atoms with Gasteiger partial charge in [-0.2, -0.15) is 0 Å². The molecule has 0 aliphatic carbocycles. The maximum atomic E-state index is 10.4. The van der Waals surface area contributed by atoms with Gasteiger partial charge in [0.15, 0.2) is 0 Å². The first-order valence-electron chi connectivity index (χ1n) is 4.24. The Kier molecular flexibility index (Phi) is 2.07. The van der Waals surface area contributed by atoms with Crippen molar-refractivity contribution in [3.05, 3.63) is 42.1 Å². The van der Waals surface area contributed by atoms with Gasteiger partial charge in [0.05, 0.1) is 0 Å². The monoisotopic (exact) mass is 187 g/mol. The highest BCUT2D eigenvalue weighted by atomic mass is 16.4. The van der Waals surface area contributed by atoms with Crippen molar-refractivity contribution < 1.29 is 9.90 Å². The number of aliphatic carboxylic acids is 1. The van der Waals surface area contributed by atoms with E-state index in [9.17, 15) is 4.79 Å². The van der Waals surface area contributed by atoms with Gasteiger partial charge in [0.1, 0.15) is 0 Å². The van der Waals surface area contributed by atoms with Gasteiger partial charge in [-0.3, -0.25) is 0 Å². The summed E-state index contributed by atoms with van der Waals surface area (Å²) in [6, 6.07) is 7.65. The van der Waals surface area contributed by atoms with E-state index in [4.69, 9.17) is 5.11 Å². The lowest BCUT2D eigenvalue weighted by Crippen LogP contribution is -1.85. The fraction of sp³-hybridized carbons (Fsp3) is 0. The van der Waals surface area contributed by atoms with Gasteiger partial charge >= 0.3 is 5.97 Å². The summed E-state index contributed by atoms with van der Waals surface area (Å²) in [5.41, 5.74) is 1.92. The summed E-state index contributed by atoms with van der Waals surface area (Å²) in [5.74, 6) is -0.933. The van der Waals surface area contributed by atoms with E-state index < -0.39 is 5.97 Å². The molecule has 0 atom stereocenters. The van der Waals surface area contributed by atoms with E-state index in [1.54, 1.807) is 6.08 Å². The van der Waals surface area contributed by atoms with Gasteiger partial charge in [-0.05, 0) is 23.8 Å². The van der Waals surface area contributed by atoms with Gasteiger partial charge in [-0.25, -0.2) is 4.79 Å². The minimum atomic E-state index is -0.933. The number of carboxylic acid groups (broad SMARTS) is 1. The zero-order chi connectivity index (χ0) is 9.97. The van der Waals surface area contributed by atoms with E-state index in [1.165, 1.54) is 0 Å². The minimum Gasteiger partial charge on any atom is -0.478 e. The normalized spacial score (nSPS) is 11.1. The van der Waals surface area contributed by atoms with Crippen LogP contribution in [0, 0.1) is 0 Å². The third-order valence-corrected chi connectivity index (χ3v) is 2.03. The Morgan fingerprint density at radius 3 is 3.00 bits per heavy atom. The van der Waals surface area contributed by atoms with E-state index in [2.05, 4.69) is 4.98 Å². The predicted octanol–water partition coefficient (Wildman–Crippen LogP) is 2.27. The molecule has 0 amide bonds. The topological polar surface area (TPSA) is 53.1 Å². The summed E-state index contributed by atoms with van der Waals surface area (Å²) in [5, 5.41) is 9.54. The Labute approximate surface area is 80.7 Å². The molecule has 1 aromatic carbocycles. The largest absolute Gasteiger partial charge is 0.478 e. The second-order valence-corrected chi connectivity index (χ2v) is 2.96. The SMILES string of the molecule is O=C(O)/C=C/c1cccc2[nH]ccc12. The van der Waals surface area contributed by atoms with Gasteiger partial charge in [-0.15, -0.1) is 0 Å². The van der Waals surface area contributed by atoms with Gasteiger partial charge < -0.3 is 10.1 Å². The molecule has 0 bridgehead atoms. The molecule has 0 unspecified atom stereocenters. The lowest BCUT2D eigenvalue weighted by atomic mass is 10.1. The molecule has 1 aromatic heterocycles. The maximum Gasteiger partial charge on any atom is 0.328 e. The van der Waals surface area contributed by atoms with E-state index in [-0.39, 0.29) is 0 Å². The van der Waals surface area contributed by atoms with Crippen LogP contribution in [0.25, 0.3) is 17.0 Å². The van der Waals surface area contributed by atoms with Crippen LogP contribution in [0.2, 0.25) is 0 Å². The average molecular weight is 187 g/mol. The summed E-state index contributed by atoms with van der Waals surface area (Å²) in [7, 11) is 0. The molecule has 0 aliphatic rings. The molecule has 3 heteroatoms. The molecular weight excluding hydrogens is 178 g/mol. The Bertz CT molecular complexity index is 497. The smallest absolute Gasteiger partial charge is 0.328 e. The molecule has 14 heavy (non-hydrogen) atoms. The zero-order valence-electron chi connectivity index (χ0n) is 7.40. The number of aromatic nitrogens is 1. The quantitative estimate of drug-likeness (QED) is 0.708. The molecule has 0 aliphatic heterocycles. The van der Waals surface area contributed by atoms with Crippen molar-refractivity contribution in [1.82, 2.24) is 4.98 Å². The molecule has 3 nitrogen and oxygen atoms in total. The van der Waals surface area contributed by atoms with Gasteiger partial charge in [0, 0.05) is 23.2 Å². The highest BCUT2D eigenvalue weighted by molar-refractivity contribution is 5.93. The molecule has 0 saturated heterocycles. The Morgan fingerprint density at radius 2 is 2.21 bits per heavy atom. The standard InChI is InChI=1S/C11H9NO2/c13-11(14)5-4-8-2-1-3-10-9(8)6-7-12-10/h1-7,12H,(H,13,14)/b5-4+. The second kappa shape index (κ2) is 3.38. The summed E-state index contributed by atoms with van der Waals surface area (Å²) in [4.78, 5) is 13.4. The van der Waals surface area contributed by atoms with Crippen molar-refractivity contribution in [2.45, 2.75) is 0 Å². The lowest BCUT2D eigenvalue weighted by Gasteiger charge is -1.95. The molecule has 0 spiro atoms. The number of rotatable bonds is 2. The zero-order valence-corrected chi connectivity index (χ0v) is 7.40. The predicted molar refractivity (Wildman–Crippen MR) is 55.0 cm³/mol. The fourth-order valence-corrected chi connectivity index (χ4v) is 1.42. The highest BCUT2D eigenvalue weighted by Gasteiger charge is 1.97. The van der Waals surface area contributed by atoms with Gasteiger partial charge in [0.25, 0.3) is 0 Å². The average Bonchev–Trinajstić information content (AvgIpc) is 2.62. The third-order valence-electron chi connectivity index (χ3n) is 2.03. The van der Waals surface area contributed by atoms with Crippen LogP contribution in [0.5, 0.6) is 0 Å². The van der Waals surface area contributed by atoms with Crippen LogP contribution in [0.15, 0.2) is 36.5 Å². The highest BCUT2D eigenvalue weighted by Crippen LogP contribution is 2.18. The van der Waals surface area contributed by atoms with E-state index in [1.807, 2.05) is 30.5 Å². The first-order chi connectivity index (χ1) is 6.77. The number of H-pyrrole nitrogens is 1. The van der Waals surface area contributed by atoms with E-state index >= 15 is 0 Å². The fourth-order valence-electron chi connectivity index (χ4n) is 1.42. The first kappa shape index (κ1) is 8.56. The number of carboxylic acids is 1. The molecule has 0 fully saturated rings. The van der Waals surface area contributed by atoms with E-state index in [0.717, 1.165) is 22.5 Å². The molecule has 70 valence electrons. The number of fused-ring (bicyclic) bond motifs is 1. The van der Waals surface area contributed by atoms with Crippen molar-refractivity contribution >= 4 is 22.9 Å². The van der Waals surface area contributed by atoms with E-state index in [0.29, 0.717) is 0 Å². The van der Waals surface area contributed by atoms with Crippen molar-refractivity contribution in [1.29, 1.82) is 0 Å².